The molecule has 1 aromatic rings. The highest BCUT2D eigenvalue weighted by molar-refractivity contribution is 5.30. The molecule has 1 saturated heterocycles. The van der Waals surface area contributed by atoms with Crippen LogP contribution < -0.4 is 4.90 Å². The van der Waals surface area contributed by atoms with Crippen LogP contribution in [0.4, 0.5) is 14.7 Å². The summed E-state index contributed by atoms with van der Waals surface area (Å²) in [5.74, 6) is -2.39. The Labute approximate surface area is 110 Å². The van der Waals surface area contributed by atoms with Crippen LogP contribution in [0.5, 0.6) is 0 Å². The summed E-state index contributed by atoms with van der Waals surface area (Å²) in [6.45, 7) is 2.69. The standard InChI is InChI=1S/C12H18F2N4O/c1-10-6-15-11(16-7-10)18-4-2-17(3-5-18)8-12(13,14)9-19/h6-7,19H,2-5,8-9H2,1H3. The van der Waals surface area contributed by atoms with E-state index in [0.717, 1.165) is 5.56 Å². The van der Waals surface area contributed by atoms with Gasteiger partial charge in [-0.3, -0.25) is 4.90 Å². The van der Waals surface area contributed by atoms with Crippen LogP contribution in [0.25, 0.3) is 0 Å². The highest BCUT2D eigenvalue weighted by Gasteiger charge is 2.32. The van der Waals surface area contributed by atoms with Gasteiger partial charge in [-0.05, 0) is 12.5 Å². The third-order valence-electron chi connectivity index (χ3n) is 3.11. The summed E-state index contributed by atoms with van der Waals surface area (Å²) in [4.78, 5) is 12.1. The minimum Gasteiger partial charge on any atom is -0.390 e. The van der Waals surface area contributed by atoms with Gasteiger partial charge >= 0.3 is 0 Å². The van der Waals surface area contributed by atoms with Crippen LogP contribution in [0.1, 0.15) is 5.56 Å². The van der Waals surface area contributed by atoms with Crippen LogP contribution in [0.3, 0.4) is 0 Å². The van der Waals surface area contributed by atoms with E-state index in [9.17, 15) is 8.78 Å². The number of aromatic nitrogens is 2. The van der Waals surface area contributed by atoms with Crippen molar-refractivity contribution in [2.45, 2.75) is 12.8 Å². The smallest absolute Gasteiger partial charge is 0.283 e. The van der Waals surface area contributed by atoms with Crippen molar-refractivity contribution in [2.75, 3.05) is 44.2 Å². The number of halogens is 2. The Bertz CT molecular complexity index is 405. The first-order valence-corrected chi connectivity index (χ1v) is 6.25. The molecule has 1 aromatic heterocycles. The van der Waals surface area contributed by atoms with Gasteiger partial charge in [-0.2, -0.15) is 0 Å². The average molecular weight is 272 g/mol. The molecule has 0 bridgehead atoms. The lowest BCUT2D eigenvalue weighted by molar-refractivity contribution is -0.0733. The Balaban J connectivity index is 1.87. The SMILES string of the molecule is Cc1cnc(N2CCN(CC(F)(F)CO)CC2)nc1. The van der Waals surface area contributed by atoms with Gasteiger partial charge in [0.05, 0.1) is 6.54 Å². The molecule has 0 saturated carbocycles. The van der Waals surface area contributed by atoms with Crippen LogP contribution in [0, 0.1) is 6.92 Å². The van der Waals surface area contributed by atoms with E-state index in [1.165, 1.54) is 0 Å². The molecule has 2 heterocycles. The molecule has 0 aliphatic carbocycles. The van der Waals surface area contributed by atoms with E-state index < -0.39 is 19.1 Å². The van der Waals surface area contributed by atoms with Crippen LogP contribution in [0.2, 0.25) is 0 Å². The summed E-state index contributed by atoms with van der Waals surface area (Å²) in [5.41, 5.74) is 0.991. The predicted molar refractivity (Wildman–Crippen MR) is 67.5 cm³/mol. The molecule has 1 fully saturated rings. The number of nitrogens with zero attached hydrogens (tertiary/aromatic N) is 4. The lowest BCUT2D eigenvalue weighted by Crippen LogP contribution is -2.51. The molecule has 0 amide bonds. The molecule has 0 radical (unpaired) electrons. The van der Waals surface area contributed by atoms with Crippen molar-refractivity contribution in [3.05, 3.63) is 18.0 Å². The van der Waals surface area contributed by atoms with Gasteiger partial charge < -0.3 is 10.0 Å². The summed E-state index contributed by atoms with van der Waals surface area (Å²) in [5, 5.41) is 8.57. The highest BCUT2D eigenvalue weighted by Crippen LogP contribution is 2.17. The number of aryl methyl sites for hydroxylation is 1. The average Bonchev–Trinajstić information content (AvgIpc) is 2.40. The molecule has 1 N–H and O–H groups in total. The fourth-order valence-electron chi connectivity index (χ4n) is 2.03. The Kier molecular flexibility index (Phi) is 4.26. The summed E-state index contributed by atoms with van der Waals surface area (Å²) >= 11 is 0. The third-order valence-corrected chi connectivity index (χ3v) is 3.11. The zero-order valence-corrected chi connectivity index (χ0v) is 10.9. The van der Waals surface area contributed by atoms with Crippen molar-refractivity contribution in [3.63, 3.8) is 0 Å². The van der Waals surface area contributed by atoms with Gasteiger partial charge in [-0.1, -0.05) is 0 Å². The van der Waals surface area contributed by atoms with Crippen molar-refractivity contribution >= 4 is 5.95 Å². The summed E-state index contributed by atoms with van der Waals surface area (Å²) in [6.07, 6.45) is 3.49. The van der Waals surface area contributed by atoms with Gasteiger partial charge in [0.2, 0.25) is 5.95 Å². The largest absolute Gasteiger partial charge is 0.390 e. The molecule has 19 heavy (non-hydrogen) atoms. The normalized spacial score (nSPS) is 17.8. The van der Waals surface area contributed by atoms with E-state index in [0.29, 0.717) is 32.1 Å². The topological polar surface area (TPSA) is 52.5 Å². The van der Waals surface area contributed by atoms with Crippen molar-refractivity contribution in [3.8, 4) is 0 Å². The number of anilines is 1. The minimum atomic E-state index is -3.03. The van der Waals surface area contributed by atoms with Crippen molar-refractivity contribution in [1.82, 2.24) is 14.9 Å². The number of hydrogen-bond acceptors (Lipinski definition) is 5. The van der Waals surface area contributed by atoms with Crippen LogP contribution in [-0.2, 0) is 0 Å². The molecule has 0 aromatic carbocycles. The van der Waals surface area contributed by atoms with E-state index in [-0.39, 0.29) is 0 Å². The van der Waals surface area contributed by atoms with E-state index in [1.807, 2.05) is 11.8 Å². The fourth-order valence-corrected chi connectivity index (χ4v) is 2.03. The zero-order chi connectivity index (χ0) is 13.9. The molecule has 7 heteroatoms. The van der Waals surface area contributed by atoms with E-state index in [4.69, 9.17) is 5.11 Å². The van der Waals surface area contributed by atoms with Crippen molar-refractivity contribution < 1.29 is 13.9 Å². The predicted octanol–water partition coefficient (Wildman–Crippen LogP) is 0.535. The lowest BCUT2D eigenvalue weighted by Gasteiger charge is -2.35. The molecule has 2 rings (SSSR count). The van der Waals surface area contributed by atoms with Gasteiger partial charge in [0, 0.05) is 38.6 Å². The van der Waals surface area contributed by atoms with E-state index in [2.05, 4.69) is 9.97 Å². The third kappa shape index (κ3) is 3.81. The maximum Gasteiger partial charge on any atom is 0.283 e. The quantitative estimate of drug-likeness (QED) is 0.867. The molecule has 1 aliphatic rings. The molecule has 0 spiro atoms. The van der Waals surface area contributed by atoms with Gasteiger partial charge in [-0.15, -0.1) is 0 Å². The maximum atomic E-state index is 13.1. The number of aliphatic hydroxyl groups excluding tert-OH is 1. The summed E-state index contributed by atoms with van der Waals surface area (Å²) in [7, 11) is 0. The molecule has 1 aliphatic heterocycles. The van der Waals surface area contributed by atoms with E-state index >= 15 is 0 Å². The van der Waals surface area contributed by atoms with Crippen LogP contribution >= 0.6 is 0 Å². The maximum absolute atomic E-state index is 13.1. The zero-order valence-electron chi connectivity index (χ0n) is 10.9. The first-order valence-electron chi connectivity index (χ1n) is 6.25. The molecule has 106 valence electrons. The number of piperazine rings is 1. The summed E-state index contributed by atoms with van der Waals surface area (Å²) in [6, 6.07) is 0. The van der Waals surface area contributed by atoms with E-state index in [1.54, 1.807) is 17.3 Å². The second-order valence-electron chi connectivity index (χ2n) is 4.84. The number of alkyl halides is 2. The van der Waals surface area contributed by atoms with Crippen LogP contribution in [-0.4, -0.2) is 65.2 Å². The Hall–Kier alpha value is -1.34. The number of hydrogen-bond donors (Lipinski definition) is 1. The monoisotopic (exact) mass is 272 g/mol. The molecule has 0 unspecified atom stereocenters. The van der Waals surface area contributed by atoms with Gasteiger partial charge in [0.1, 0.15) is 6.61 Å². The Morgan fingerprint density at radius 3 is 2.32 bits per heavy atom. The highest BCUT2D eigenvalue weighted by atomic mass is 19.3. The Morgan fingerprint density at radius 1 is 1.21 bits per heavy atom. The van der Waals surface area contributed by atoms with Gasteiger partial charge in [0.25, 0.3) is 5.92 Å². The fraction of sp³-hybridized carbons (Fsp3) is 0.667. The minimum absolute atomic E-state index is 0.397. The van der Waals surface area contributed by atoms with Crippen LogP contribution in [0.15, 0.2) is 12.4 Å². The molecular weight excluding hydrogens is 254 g/mol. The van der Waals surface area contributed by atoms with Gasteiger partial charge in [-0.25, -0.2) is 18.7 Å². The first-order chi connectivity index (χ1) is 9.00. The van der Waals surface area contributed by atoms with Gasteiger partial charge in [0.15, 0.2) is 0 Å². The number of rotatable bonds is 4. The number of aliphatic hydroxyl groups is 1. The Morgan fingerprint density at radius 2 is 1.79 bits per heavy atom. The molecular formula is C12H18F2N4O. The second kappa shape index (κ2) is 5.75. The molecule has 0 atom stereocenters. The lowest BCUT2D eigenvalue weighted by atomic mass is 10.2. The van der Waals surface area contributed by atoms with Crippen molar-refractivity contribution in [2.24, 2.45) is 0 Å². The molecule has 5 nitrogen and oxygen atoms in total. The summed E-state index contributed by atoms with van der Waals surface area (Å²) < 4.78 is 26.1. The first kappa shape index (κ1) is 14.1. The second-order valence-corrected chi connectivity index (χ2v) is 4.84. The van der Waals surface area contributed by atoms with Crippen molar-refractivity contribution in [1.29, 1.82) is 0 Å².